The van der Waals surface area contributed by atoms with Crippen LogP contribution in [0.25, 0.3) is 17.0 Å². The summed E-state index contributed by atoms with van der Waals surface area (Å²) < 4.78 is 2.21. The van der Waals surface area contributed by atoms with Crippen LogP contribution < -0.4 is 5.32 Å². The number of hydrogen-bond acceptors (Lipinski definition) is 1. The molecule has 1 N–H and O–H groups in total. The Morgan fingerprint density at radius 1 is 1.08 bits per heavy atom. The number of hydrogen-bond donors (Lipinski definition) is 1. The standard InChI is InChI=1S/C20H19ClN2O/c21-18-8-3-1-6-16(18)10-11-20(24)22-13-5-14-23-15-12-17-7-2-4-9-19(17)23/h1-4,6-12,15H,5,13-14H2,(H,22,24)/b11-10+. The Hall–Kier alpha value is -2.52. The molecule has 0 unspecified atom stereocenters. The van der Waals surface area contributed by atoms with Crippen molar-refractivity contribution in [2.45, 2.75) is 13.0 Å². The Kier molecular flexibility index (Phi) is 5.34. The van der Waals surface area contributed by atoms with Crippen LogP contribution in [0.1, 0.15) is 12.0 Å². The first-order valence-corrected chi connectivity index (χ1v) is 8.36. The molecule has 1 heterocycles. The number of aryl methyl sites for hydroxylation is 1. The second-order valence-corrected chi connectivity index (χ2v) is 5.97. The van der Waals surface area contributed by atoms with E-state index in [0.29, 0.717) is 11.6 Å². The zero-order valence-electron chi connectivity index (χ0n) is 13.3. The van der Waals surface area contributed by atoms with Gasteiger partial charge in [0.25, 0.3) is 0 Å². The molecule has 0 bridgehead atoms. The lowest BCUT2D eigenvalue weighted by Gasteiger charge is -2.06. The number of rotatable bonds is 6. The van der Waals surface area contributed by atoms with Gasteiger partial charge in [0.05, 0.1) is 0 Å². The lowest BCUT2D eigenvalue weighted by atomic mass is 10.2. The molecule has 3 aromatic rings. The number of para-hydroxylation sites is 1. The van der Waals surface area contributed by atoms with Crippen LogP contribution in [0.3, 0.4) is 0 Å². The highest BCUT2D eigenvalue weighted by atomic mass is 35.5. The van der Waals surface area contributed by atoms with Gasteiger partial charge in [0.1, 0.15) is 0 Å². The van der Waals surface area contributed by atoms with Gasteiger partial charge >= 0.3 is 0 Å². The predicted molar refractivity (Wildman–Crippen MR) is 100 cm³/mol. The monoisotopic (exact) mass is 338 g/mol. The second-order valence-electron chi connectivity index (χ2n) is 5.57. The van der Waals surface area contributed by atoms with Crippen molar-refractivity contribution in [3.05, 3.63) is 77.5 Å². The second kappa shape index (κ2) is 7.84. The predicted octanol–water partition coefficient (Wildman–Crippen LogP) is 4.51. The normalized spacial score (nSPS) is 11.2. The van der Waals surface area contributed by atoms with Crippen molar-refractivity contribution in [3.63, 3.8) is 0 Å². The van der Waals surface area contributed by atoms with Gasteiger partial charge in [-0.15, -0.1) is 0 Å². The number of carbonyl (C=O) groups is 1. The molecule has 0 saturated heterocycles. The van der Waals surface area contributed by atoms with E-state index in [1.165, 1.54) is 17.0 Å². The third kappa shape index (κ3) is 4.06. The topological polar surface area (TPSA) is 34.0 Å². The summed E-state index contributed by atoms with van der Waals surface area (Å²) in [6, 6.07) is 17.9. The highest BCUT2D eigenvalue weighted by Crippen LogP contribution is 2.16. The number of nitrogens with one attached hydrogen (secondary N) is 1. The number of halogens is 1. The number of amides is 1. The molecule has 0 atom stereocenters. The van der Waals surface area contributed by atoms with Gasteiger partial charge in [-0.1, -0.05) is 48.0 Å². The molecule has 0 aliphatic heterocycles. The Bertz CT molecular complexity index is 867. The molecule has 2 aromatic carbocycles. The van der Waals surface area contributed by atoms with Crippen LogP contribution in [0.5, 0.6) is 0 Å². The van der Waals surface area contributed by atoms with Gasteiger partial charge in [0.2, 0.25) is 5.91 Å². The van der Waals surface area contributed by atoms with Crippen LogP contribution in [0.15, 0.2) is 66.9 Å². The van der Waals surface area contributed by atoms with Crippen LogP contribution in [0.2, 0.25) is 5.02 Å². The minimum atomic E-state index is -0.104. The van der Waals surface area contributed by atoms with Gasteiger partial charge < -0.3 is 9.88 Å². The van der Waals surface area contributed by atoms with Gasteiger partial charge in [-0.25, -0.2) is 0 Å². The van der Waals surface area contributed by atoms with E-state index in [9.17, 15) is 4.79 Å². The first-order valence-electron chi connectivity index (χ1n) is 7.98. The Balaban J connectivity index is 1.46. The maximum absolute atomic E-state index is 11.9. The van der Waals surface area contributed by atoms with E-state index in [1.807, 2.05) is 30.3 Å². The maximum atomic E-state index is 11.9. The first-order chi connectivity index (χ1) is 11.7. The van der Waals surface area contributed by atoms with E-state index in [4.69, 9.17) is 11.6 Å². The van der Waals surface area contributed by atoms with Crippen LogP contribution in [-0.2, 0) is 11.3 Å². The number of fused-ring (bicyclic) bond motifs is 1. The molecule has 4 heteroatoms. The molecule has 0 saturated carbocycles. The Morgan fingerprint density at radius 3 is 2.75 bits per heavy atom. The summed E-state index contributed by atoms with van der Waals surface area (Å²) >= 11 is 6.05. The van der Waals surface area contributed by atoms with Gasteiger partial charge in [0.15, 0.2) is 0 Å². The molecule has 0 aliphatic rings. The van der Waals surface area contributed by atoms with E-state index in [-0.39, 0.29) is 5.91 Å². The minimum Gasteiger partial charge on any atom is -0.352 e. The van der Waals surface area contributed by atoms with E-state index in [2.05, 4.69) is 34.3 Å². The third-order valence-corrected chi connectivity index (χ3v) is 4.22. The minimum absolute atomic E-state index is 0.104. The molecule has 0 aliphatic carbocycles. The SMILES string of the molecule is O=C(/C=C/c1ccccc1Cl)NCCCn1ccc2ccccc21. The van der Waals surface area contributed by atoms with Crippen molar-refractivity contribution in [1.29, 1.82) is 0 Å². The molecule has 3 rings (SSSR count). The molecular weight excluding hydrogens is 320 g/mol. The van der Waals surface area contributed by atoms with Crippen LogP contribution in [-0.4, -0.2) is 17.0 Å². The molecular formula is C20H19ClN2O. The van der Waals surface area contributed by atoms with E-state index >= 15 is 0 Å². The Morgan fingerprint density at radius 2 is 1.88 bits per heavy atom. The molecule has 0 fully saturated rings. The lowest BCUT2D eigenvalue weighted by Crippen LogP contribution is -2.23. The largest absolute Gasteiger partial charge is 0.352 e. The number of carbonyl (C=O) groups excluding carboxylic acids is 1. The van der Waals surface area contributed by atoms with E-state index < -0.39 is 0 Å². The Labute approximate surface area is 146 Å². The van der Waals surface area contributed by atoms with Gasteiger partial charge in [0, 0.05) is 35.9 Å². The summed E-state index contributed by atoms with van der Waals surface area (Å²) in [6.07, 6.45) is 6.22. The number of aromatic nitrogens is 1. The molecule has 1 amide bonds. The van der Waals surface area contributed by atoms with E-state index in [0.717, 1.165) is 18.5 Å². The summed E-state index contributed by atoms with van der Waals surface area (Å²) in [5, 5.41) is 4.78. The zero-order valence-corrected chi connectivity index (χ0v) is 14.0. The van der Waals surface area contributed by atoms with Crippen LogP contribution >= 0.6 is 11.6 Å². The molecule has 3 nitrogen and oxygen atoms in total. The number of nitrogens with zero attached hydrogens (tertiary/aromatic N) is 1. The summed E-state index contributed by atoms with van der Waals surface area (Å²) in [5.74, 6) is -0.104. The third-order valence-electron chi connectivity index (χ3n) is 3.87. The fourth-order valence-corrected chi connectivity index (χ4v) is 2.83. The molecule has 0 radical (unpaired) electrons. The van der Waals surface area contributed by atoms with Crippen molar-refractivity contribution in [3.8, 4) is 0 Å². The quantitative estimate of drug-likeness (QED) is 0.520. The van der Waals surface area contributed by atoms with Crippen molar-refractivity contribution in [1.82, 2.24) is 9.88 Å². The van der Waals surface area contributed by atoms with Crippen molar-refractivity contribution >= 4 is 34.5 Å². The van der Waals surface area contributed by atoms with Crippen molar-refractivity contribution in [2.24, 2.45) is 0 Å². The summed E-state index contributed by atoms with van der Waals surface area (Å²) in [6.45, 7) is 1.51. The van der Waals surface area contributed by atoms with Gasteiger partial charge in [-0.05, 0) is 41.6 Å². The van der Waals surface area contributed by atoms with Crippen LogP contribution in [0, 0.1) is 0 Å². The summed E-state index contributed by atoms with van der Waals surface area (Å²) in [4.78, 5) is 11.9. The van der Waals surface area contributed by atoms with Crippen molar-refractivity contribution in [2.75, 3.05) is 6.54 Å². The van der Waals surface area contributed by atoms with E-state index in [1.54, 1.807) is 12.1 Å². The lowest BCUT2D eigenvalue weighted by molar-refractivity contribution is -0.116. The zero-order chi connectivity index (χ0) is 16.8. The first kappa shape index (κ1) is 16.3. The fourth-order valence-electron chi connectivity index (χ4n) is 2.63. The molecule has 122 valence electrons. The van der Waals surface area contributed by atoms with Crippen molar-refractivity contribution < 1.29 is 4.79 Å². The summed E-state index contributed by atoms with van der Waals surface area (Å²) in [5.41, 5.74) is 2.07. The van der Waals surface area contributed by atoms with Crippen LogP contribution in [0.4, 0.5) is 0 Å². The highest BCUT2D eigenvalue weighted by Gasteiger charge is 2.00. The number of benzene rings is 2. The fraction of sp³-hybridized carbons (Fsp3) is 0.150. The molecule has 0 spiro atoms. The van der Waals surface area contributed by atoms with Gasteiger partial charge in [-0.2, -0.15) is 0 Å². The van der Waals surface area contributed by atoms with Gasteiger partial charge in [-0.3, -0.25) is 4.79 Å². The molecule has 24 heavy (non-hydrogen) atoms. The smallest absolute Gasteiger partial charge is 0.244 e. The molecule has 1 aromatic heterocycles. The maximum Gasteiger partial charge on any atom is 0.244 e. The summed E-state index contributed by atoms with van der Waals surface area (Å²) in [7, 11) is 0. The average molecular weight is 339 g/mol. The average Bonchev–Trinajstić information content (AvgIpc) is 3.01. The highest BCUT2D eigenvalue weighted by molar-refractivity contribution is 6.32.